The standard InChI is InChI=1S/C20H17ClN4O3/c1-12-8-13(21)2-4-15(12)25-19-10-16(22-11-23-19)20(26)24-14-3-5-17-18(9-14)28-7-6-27-17/h2-5,8-11H,6-7H2,1H3,(H,24,26)(H,22,23,25). The van der Waals surface area contributed by atoms with Crippen LogP contribution in [-0.4, -0.2) is 29.1 Å². The van der Waals surface area contributed by atoms with E-state index in [-0.39, 0.29) is 11.6 Å². The van der Waals surface area contributed by atoms with Crippen LogP contribution < -0.4 is 20.1 Å². The first-order valence-electron chi connectivity index (χ1n) is 8.65. The summed E-state index contributed by atoms with van der Waals surface area (Å²) < 4.78 is 11.0. The second kappa shape index (κ2) is 7.74. The molecule has 0 bridgehead atoms. The minimum Gasteiger partial charge on any atom is -0.486 e. The van der Waals surface area contributed by atoms with E-state index in [1.807, 2.05) is 19.1 Å². The fourth-order valence-electron chi connectivity index (χ4n) is 2.77. The van der Waals surface area contributed by atoms with E-state index >= 15 is 0 Å². The number of hydrogen-bond donors (Lipinski definition) is 2. The average Bonchev–Trinajstić information content (AvgIpc) is 2.70. The highest BCUT2D eigenvalue weighted by molar-refractivity contribution is 6.30. The van der Waals surface area contributed by atoms with Crippen LogP contribution in [0.3, 0.4) is 0 Å². The number of hydrogen-bond acceptors (Lipinski definition) is 6. The number of anilines is 3. The van der Waals surface area contributed by atoms with Crippen LogP contribution in [-0.2, 0) is 0 Å². The van der Waals surface area contributed by atoms with Gasteiger partial charge in [-0.25, -0.2) is 9.97 Å². The number of nitrogens with one attached hydrogen (secondary N) is 2. The van der Waals surface area contributed by atoms with E-state index in [1.165, 1.54) is 6.33 Å². The van der Waals surface area contributed by atoms with Crippen molar-refractivity contribution in [2.75, 3.05) is 23.8 Å². The number of rotatable bonds is 4. The molecule has 0 saturated heterocycles. The van der Waals surface area contributed by atoms with Gasteiger partial charge in [0, 0.05) is 28.5 Å². The Morgan fingerprint density at radius 1 is 1.04 bits per heavy atom. The zero-order valence-corrected chi connectivity index (χ0v) is 15.8. The summed E-state index contributed by atoms with van der Waals surface area (Å²) >= 11 is 5.98. The minimum atomic E-state index is -0.352. The molecule has 1 aliphatic rings. The molecular formula is C20H17ClN4O3. The summed E-state index contributed by atoms with van der Waals surface area (Å²) in [7, 11) is 0. The van der Waals surface area contributed by atoms with Gasteiger partial charge in [0.1, 0.15) is 31.1 Å². The van der Waals surface area contributed by atoms with Crippen molar-refractivity contribution in [3.05, 3.63) is 65.1 Å². The first-order valence-corrected chi connectivity index (χ1v) is 9.02. The first kappa shape index (κ1) is 18.1. The number of carbonyl (C=O) groups is 1. The van der Waals surface area contributed by atoms with Crippen LogP contribution in [0.15, 0.2) is 48.8 Å². The molecule has 0 aliphatic carbocycles. The van der Waals surface area contributed by atoms with E-state index in [1.54, 1.807) is 30.3 Å². The molecule has 2 aromatic carbocycles. The van der Waals surface area contributed by atoms with Crippen LogP contribution in [0.1, 0.15) is 16.1 Å². The number of amides is 1. The number of benzene rings is 2. The predicted octanol–water partition coefficient (Wildman–Crippen LogP) is 4.21. The Kier molecular flexibility index (Phi) is 4.99. The van der Waals surface area contributed by atoms with Gasteiger partial charge in [-0.3, -0.25) is 4.79 Å². The summed E-state index contributed by atoms with van der Waals surface area (Å²) in [5, 5.41) is 6.64. The van der Waals surface area contributed by atoms with Crippen molar-refractivity contribution in [3.8, 4) is 11.5 Å². The fraction of sp³-hybridized carbons (Fsp3) is 0.150. The largest absolute Gasteiger partial charge is 0.486 e. The lowest BCUT2D eigenvalue weighted by Gasteiger charge is -2.19. The summed E-state index contributed by atoms with van der Waals surface area (Å²) in [5.74, 6) is 1.42. The molecule has 142 valence electrons. The highest BCUT2D eigenvalue weighted by Gasteiger charge is 2.14. The fourth-order valence-corrected chi connectivity index (χ4v) is 3.00. The third-order valence-electron chi connectivity index (χ3n) is 4.15. The van der Waals surface area contributed by atoms with Crippen LogP contribution in [0.5, 0.6) is 11.5 Å². The maximum atomic E-state index is 12.6. The zero-order chi connectivity index (χ0) is 19.5. The van der Waals surface area contributed by atoms with E-state index in [9.17, 15) is 4.79 Å². The quantitative estimate of drug-likeness (QED) is 0.687. The van der Waals surface area contributed by atoms with Gasteiger partial charge in [-0.1, -0.05) is 11.6 Å². The molecule has 28 heavy (non-hydrogen) atoms. The van der Waals surface area contributed by atoms with E-state index in [4.69, 9.17) is 21.1 Å². The molecule has 4 rings (SSSR count). The van der Waals surface area contributed by atoms with E-state index in [2.05, 4.69) is 20.6 Å². The lowest BCUT2D eigenvalue weighted by molar-refractivity contribution is 0.102. The van der Waals surface area contributed by atoms with Gasteiger partial charge < -0.3 is 20.1 Å². The summed E-state index contributed by atoms with van der Waals surface area (Å²) in [5.41, 5.74) is 2.64. The highest BCUT2D eigenvalue weighted by atomic mass is 35.5. The monoisotopic (exact) mass is 396 g/mol. The number of aromatic nitrogens is 2. The molecule has 1 aliphatic heterocycles. The van der Waals surface area contributed by atoms with Gasteiger partial charge in [0.2, 0.25) is 0 Å². The lowest BCUT2D eigenvalue weighted by atomic mass is 10.2. The molecule has 0 atom stereocenters. The molecule has 8 heteroatoms. The third-order valence-corrected chi connectivity index (χ3v) is 4.39. The Labute approximate surface area is 166 Å². The van der Waals surface area contributed by atoms with Crippen LogP contribution in [0.4, 0.5) is 17.2 Å². The lowest BCUT2D eigenvalue weighted by Crippen LogP contribution is -2.17. The highest BCUT2D eigenvalue weighted by Crippen LogP contribution is 2.32. The number of ether oxygens (including phenoxy) is 2. The van der Waals surface area contributed by atoms with Gasteiger partial charge >= 0.3 is 0 Å². The zero-order valence-electron chi connectivity index (χ0n) is 15.0. The molecule has 2 N–H and O–H groups in total. The smallest absolute Gasteiger partial charge is 0.274 e. The normalized spacial score (nSPS) is 12.4. The van der Waals surface area contributed by atoms with Crippen molar-refractivity contribution in [2.24, 2.45) is 0 Å². The average molecular weight is 397 g/mol. The van der Waals surface area contributed by atoms with Gasteiger partial charge in [-0.2, -0.15) is 0 Å². The Bertz CT molecular complexity index is 1040. The maximum absolute atomic E-state index is 12.6. The molecule has 1 aromatic heterocycles. The third kappa shape index (κ3) is 3.99. The minimum absolute atomic E-state index is 0.235. The summed E-state index contributed by atoms with van der Waals surface area (Å²) in [6.45, 7) is 2.93. The topological polar surface area (TPSA) is 85.4 Å². The van der Waals surface area contributed by atoms with Crippen molar-refractivity contribution in [2.45, 2.75) is 6.92 Å². The summed E-state index contributed by atoms with van der Waals surface area (Å²) in [6, 6.07) is 12.3. The Hall–Kier alpha value is -3.32. The molecule has 2 heterocycles. The first-order chi connectivity index (χ1) is 13.6. The number of fused-ring (bicyclic) bond motifs is 1. The predicted molar refractivity (Wildman–Crippen MR) is 107 cm³/mol. The van der Waals surface area contributed by atoms with Crippen molar-refractivity contribution >= 4 is 34.7 Å². The molecule has 7 nitrogen and oxygen atoms in total. The SMILES string of the molecule is Cc1cc(Cl)ccc1Nc1cc(C(=O)Nc2ccc3c(c2)OCCO3)ncn1. The molecule has 0 radical (unpaired) electrons. The van der Waals surface area contributed by atoms with Crippen LogP contribution >= 0.6 is 11.6 Å². The summed E-state index contributed by atoms with van der Waals surface area (Å²) in [4.78, 5) is 20.8. The van der Waals surface area contributed by atoms with Crippen molar-refractivity contribution in [1.29, 1.82) is 0 Å². The molecule has 3 aromatic rings. The second-order valence-corrected chi connectivity index (χ2v) is 6.62. The van der Waals surface area contributed by atoms with Crippen molar-refractivity contribution in [3.63, 3.8) is 0 Å². The van der Waals surface area contributed by atoms with Crippen LogP contribution in [0.25, 0.3) is 0 Å². The maximum Gasteiger partial charge on any atom is 0.274 e. The Morgan fingerprint density at radius 3 is 2.68 bits per heavy atom. The number of halogens is 1. The van der Waals surface area contributed by atoms with Gasteiger partial charge in [-0.15, -0.1) is 0 Å². The Morgan fingerprint density at radius 2 is 1.86 bits per heavy atom. The molecule has 0 fully saturated rings. The van der Waals surface area contributed by atoms with Crippen molar-refractivity contribution < 1.29 is 14.3 Å². The van der Waals surface area contributed by atoms with E-state index in [0.29, 0.717) is 41.2 Å². The van der Waals surface area contributed by atoms with Gasteiger partial charge in [0.15, 0.2) is 11.5 Å². The van der Waals surface area contributed by atoms with Gasteiger partial charge in [-0.05, 0) is 42.8 Å². The molecular weight excluding hydrogens is 380 g/mol. The number of aryl methyl sites for hydroxylation is 1. The van der Waals surface area contributed by atoms with Crippen LogP contribution in [0.2, 0.25) is 5.02 Å². The number of carbonyl (C=O) groups excluding carboxylic acids is 1. The summed E-state index contributed by atoms with van der Waals surface area (Å²) in [6.07, 6.45) is 1.34. The molecule has 0 spiro atoms. The van der Waals surface area contributed by atoms with E-state index < -0.39 is 0 Å². The molecule has 0 unspecified atom stereocenters. The molecule has 1 amide bonds. The van der Waals surface area contributed by atoms with E-state index in [0.717, 1.165) is 11.3 Å². The van der Waals surface area contributed by atoms with Crippen molar-refractivity contribution in [1.82, 2.24) is 9.97 Å². The Balaban J connectivity index is 1.50. The second-order valence-electron chi connectivity index (χ2n) is 6.19. The molecule has 0 saturated carbocycles. The van der Waals surface area contributed by atoms with Gasteiger partial charge in [0.25, 0.3) is 5.91 Å². The van der Waals surface area contributed by atoms with Crippen LogP contribution in [0, 0.1) is 6.92 Å². The van der Waals surface area contributed by atoms with Gasteiger partial charge in [0.05, 0.1) is 0 Å². The number of nitrogens with zero attached hydrogens (tertiary/aromatic N) is 2.